The van der Waals surface area contributed by atoms with Gasteiger partial charge >= 0.3 is 11.9 Å². The Bertz CT molecular complexity index is 940. The summed E-state index contributed by atoms with van der Waals surface area (Å²) in [6.45, 7) is 0.379. The van der Waals surface area contributed by atoms with E-state index in [9.17, 15) is 9.59 Å². The van der Waals surface area contributed by atoms with Gasteiger partial charge in [-0.2, -0.15) is 0 Å². The molecule has 0 amide bonds. The van der Waals surface area contributed by atoms with Crippen molar-refractivity contribution in [2.75, 3.05) is 39.6 Å². The van der Waals surface area contributed by atoms with Crippen molar-refractivity contribution in [3.63, 3.8) is 0 Å². The molecule has 2 aromatic rings. The van der Waals surface area contributed by atoms with Crippen LogP contribution in [0.4, 0.5) is 5.69 Å². The maximum atomic E-state index is 12.4. The second-order valence-electron chi connectivity index (χ2n) is 6.33. The lowest BCUT2D eigenvalue weighted by Crippen LogP contribution is -2.38. The zero-order valence-electron chi connectivity index (χ0n) is 17.0. The van der Waals surface area contributed by atoms with Gasteiger partial charge in [0.25, 0.3) is 0 Å². The minimum atomic E-state index is -0.665. The zero-order valence-corrected chi connectivity index (χ0v) is 17.0. The maximum Gasteiger partial charge on any atom is 0.355 e. The topological polar surface area (TPSA) is 83.5 Å². The van der Waals surface area contributed by atoms with Crippen LogP contribution in [-0.2, 0) is 30.4 Å². The zero-order chi connectivity index (χ0) is 21.5. The van der Waals surface area contributed by atoms with Crippen LogP contribution in [0.25, 0.3) is 0 Å². The van der Waals surface area contributed by atoms with Crippen molar-refractivity contribution in [1.82, 2.24) is 0 Å². The van der Waals surface area contributed by atoms with Crippen molar-refractivity contribution >= 4 is 17.6 Å². The summed E-state index contributed by atoms with van der Waals surface area (Å²) >= 11 is 0. The van der Waals surface area contributed by atoms with Crippen LogP contribution in [0, 0.1) is 0 Å². The average Bonchev–Trinajstić information content (AvgIpc) is 2.81. The summed E-state index contributed by atoms with van der Waals surface area (Å²) < 4.78 is 26.5. The first-order chi connectivity index (χ1) is 14.6. The van der Waals surface area contributed by atoms with Crippen LogP contribution in [0.2, 0.25) is 0 Å². The molecule has 8 heteroatoms. The van der Waals surface area contributed by atoms with Crippen LogP contribution in [0.15, 0.2) is 59.8 Å². The number of carbonyl (C=O) groups is 2. The number of rotatable bonds is 7. The third-order valence-electron chi connectivity index (χ3n) is 4.53. The van der Waals surface area contributed by atoms with E-state index in [1.807, 2.05) is 30.3 Å². The van der Waals surface area contributed by atoms with Crippen molar-refractivity contribution in [2.45, 2.75) is 6.61 Å². The molecule has 1 heterocycles. The fraction of sp³-hybridized carbons (Fsp3) is 0.273. The molecule has 3 rings (SSSR count). The van der Waals surface area contributed by atoms with Crippen LogP contribution < -0.4 is 14.4 Å². The van der Waals surface area contributed by atoms with E-state index in [1.165, 1.54) is 26.2 Å². The first-order valence-corrected chi connectivity index (χ1v) is 9.18. The Kier molecular flexibility index (Phi) is 6.92. The van der Waals surface area contributed by atoms with Gasteiger partial charge in [0, 0.05) is 11.8 Å². The number of esters is 2. The maximum absolute atomic E-state index is 12.4. The second kappa shape index (κ2) is 9.80. The molecule has 30 heavy (non-hydrogen) atoms. The van der Waals surface area contributed by atoms with E-state index in [1.54, 1.807) is 18.2 Å². The van der Waals surface area contributed by atoms with E-state index in [2.05, 4.69) is 0 Å². The molecule has 0 radical (unpaired) electrons. The Labute approximate surface area is 174 Å². The molecule has 0 saturated carbocycles. The lowest BCUT2D eigenvalue weighted by atomic mass is 10.1. The van der Waals surface area contributed by atoms with Gasteiger partial charge in [0.05, 0.1) is 33.5 Å². The SMILES string of the molecule is COC(=O)C1=C(C(=O)OC)N(c2ccc(OCc3ccccc3)c(OC)c2)COC1. The number of hydrogen-bond acceptors (Lipinski definition) is 8. The van der Waals surface area contributed by atoms with Crippen molar-refractivity contribution in [3.05, 3.63) is 65.4 Å². The molecular weight excluding hydrogens is 390 g/mol. The van der Waals surface area contributed by atoms with Gasteiger partial charge in [-0.15, -0.1) is 0 Å². The van der Waals surface area contributed by atoms with Crippen LogP contribution in [-0.4, -0.2) is 46.6 Å². The van der Waals surface area contributed by atoms with E-state index in [0.717, 1.165) is 5.56 Å². The molecule has 0 aliphatic carbocycles. The number of carbonyl (C=O) groups excluding carboxylic acids is 2. The van der Waals surface area contributed by atoms with E-state index in [0.29, 0.717) is 23.8 Å². The summed E-state index contributed by atoms with van der Waals surface area (Å²) in [4.78, 5) is 26.1. The predicted molar refractivity (Wildman–Crippen MR) is 108 cm³/mol. The molecule has 0 fully saturated rings. The highest BCUT2D eigenvalue weighted by Gasteiger charge is 2.32. The average molecular weight is 413 g/mol. The highest BCUT2D eigenvalue weighted by molar-refractivity contribution is 6.03. The lowest BCUT2D eigenvalue weighted by Gasteiger charge is -2.31. The van der Waals surface area contributed by atoms with Gasteiger partial charge in [0.1, 0.15) is 19.0 Å². The number of hydrogen-bond donors (Lipinski definition) is 0. The summed E-state index contributed by atoms with van der Waals surface area (Å²) in [5, 5.41) is 0. The number of benzene rings is 2. The monoisotopic (exact) mass is 413 g/mol. The third-order valence-corrected chi connectivity index (χ3v) is 4.53. The van der Waals surface area contributed by atoms with Gasteiger partial charge in [0.15, 0.2) is 11.5 Å². The fourth-order valence-corrected chi connectivity index (χ4v) is 3.03. The summed E-state index contributed by atoms with van der Waals surface area (Å²) in [5.74, 6) is -0.311. The molecule has 0 unspecified atom stereocenters. The van der Waals surface area contributed by atoms with Crippen LogP contribution in [0.1, 0.15) is 5.56 Å². The standard InChI is InChI=1S/C22H23NO7/c1-26-19-11-16(9-10-18(19)30-12-15-7-5-4-6-8-15)23-14-29-13-17(21(24)27-2)20(23)22(25)28-3/h4-11H,12-14H2,1-3H3. The minimum Gasteiger partial charge on any atom is -0.493 e. The van der Waals surface area contributed by atoms with Crippen molar-refractivity contribution in [3.8, 4) is 11.5 Å². The molecule has 158 valence electrons. The van der Waals surface area contributed by atoms with Gasteiger partial charge in [-0.05, 0) is 17.7 Å². The van der Waals surface area contributed by atoms with Gasteiger partial charge in [-0.3, -0.25) is 0 Å². The number of ether oxygens (including phenoxy) is 5. The molecule has 0 aromatic heterocycles. The van der Waals surface area contributed by atoms with Crippen LogP contribution >= 0.6 is 0 Å². The van der Waals surface area contributed by atoms with Gasteiger partial charge in [-0.1, -0.05) is 30.3 Å². The Balaban J connectivity index is 1.92. The molecule has 0 atom stereocenters. The van der Waals surface area contributed by atoms with E-state index in [-0.39, 0.29) is 24.6 Å². The van der Waals surface area contributed by atoms with E-state index in [4.69, 9.17) is 23.7 Å². The Morgan fingerprint density at radius 3 is 2.37 bits per heavy atom. The van der Waals surface area contributed by atoms with Crippen molar-refractivity contribution in [1.29, 1.82) is 0 Å². The third kappa shape index (κ3) is 4.55. The summed E-state index contributed by atoms with van der Waals surface area (Å²) in [5.41, 5.74) is 1.74. The molecule has 0 bridgehead atoms. The molecule has 2 aromatic carbocycles. The van der Waals surface area contributed by atoms with Gasteiger partial charge < -0.3 is 28.6 Å². The number of nitrogens with zero attached hydrogens (tertiary/aromatic N) is 1. The first-order valence-electron chi connectivity index (χ1n) is 9.18. The smallest absolute Gasteiger partial charge is 0.355 e. The first kappa shape index (κ1) is 21.2. The Morgan fingerprint density at radius 2 is 1.70 bits per heavy atom. The van der Waals surface area contributed by atoms with E-state index < -0.39 is 11.9 Å². The quantitative estimate of drug-likeness (QED) is 0.641. The molecule has 0 spiro atoms. The van der Waals surface area contributed by atoms with Crippen LogP contribution in [0.5, 0.6) is 11.5 Å². The Hall–Kier alpha value is -3.52. The van der Waals surface area contributed by atoms with Gasteiger partial charge in [0.2, 0.25) is 0 Å². The largest absolute Gasteiger partial charge is 0.493 e. The number of anilines is 1. The normalized spacial score (nSPS) is 13.6. The highest BCUT2D eigenvalue weighted by atomic mass is 16.5. The van der Waals surface area contributed by atoms with Crippen molar-refractivity contribution in [2.24, 2.45) is 0 Å². The second-order valence-corrected chi connectivity index (χ2v) is 6.33. The van der Waals surface area contributed by atoms with Crippen LogP contribution in [0.3, 0.4) is 0 Å². The minimum absolute atomic E-state index is 0.0526. The molecule has 1 aliphatic rings. The molecular formula is C22H23NO7. The van der Waals surface area contributed by atoms with Crippen molar-refractivity contribution < 1.29 is 33.3 Å². The lowest BCUT2D eigenvalue weighted by molar-refractivity contribution is -0.140. The molecule has 1 aliphatic heterocycles. The predicted octanol–water partition coefficient (Wildman–Crippen LogP) is 2.67. The summed E-state index contributed by atoms with van der Waals surface area (Å²) in [7, 11) is 4.02. The van der Waals surface area contributed by atoms with Gasteiger partial charge in [-0.25, -0.2) is 9.59 Å². The summed E-state index contributed by atoms with van der Waals surface area (Å²) in [6.07, 6.45) is 0. The fourth-order valence-electron chi connectivity index (χ4n) is 3.03. The van der Waals surface area contributed by atoms with E-state index >= 15 is 0 Å². The molecule has 0 saturated heterocycles. The Morgan fingerprint density at radius 1 is 0.967 bits per heavy atom. The summed E-state index contributed by atoms with van der Waals surface area (Å²) in [6, 6.07) is 14.9. The molecule has 8 nitrogen and oxygen atoms in total. The number of methoxy groups -OCH3 is 3. The molecule has 0 N–H and O–H groups in total. The highest BCUT2D eigenvalue weighted by Crippen LogP contribution is 2.35.